The van der Waals surface area contributed by atoms with E-state index in [2.05, 4.69) is 4.76 Å². The van der Waals surface area contributed by atoms with Crippen molar-refractivity contribution in [2.75, 3.05) is 6.66 Å². The van der Waals surface area contributed by atoms with Gasteiger partial charge in [-0.05, 0) is 12.1 Å². The van der Waals surface area contributed by atoms with Gasteiger partial charge in [-0.25, -0.2) is 4.79 Å². The van der Waals surface area contributed by atoms with E-state index in [1.165, 1.54) is 12.7 Å². The summed E-state index contributed by atoms with van der Waals surface area (Å²) in [6.45, 7) is 1.25. The molecule has 1 atom stereocenters. The Labute approximate surface area is 75.8 Å². The molecular weight excluding hydrogens is 189 g/mol. The van der Waals surface area contributed by atoms with Crippen molar-refractivity contribution in [1.29, 1.82) is 0 Å². The van der Waals surface area contributed by atoms with Crippen LogP contribution in [-0.4, -0.2) is 12.7 Å². The average Bonchev–Trinajstić information content (AvgIpc) is 2.04. The molecule has 4 nitrogen and oxygen atoms in total. The first-order chi connectivity index (χ1) is 6.14. The maximum absolute atomic E-state index is 11.3. The standard InChI is InChI=1S/C8H8NO3P/c1-13(11,9-7-10)12-8-5-3-2-4-6-8/h2-6H,1H3/t13-/m0/s1. The first-order valence-electron chi connectivity index (χ1n) is 3.55. The number of benzene rings is 1. The first kappa shape index (κ1) is 9.72. The summed E-state index contributed by atoms with van der Waals surface area (Å²) < 4.78 is 19.4. The van der Waals surface area contributed by atoms with Crippen LogP contribution in [0.2, 0.25) is 0 Å². The van der Waals surface area contributed by atoms with E-state index in [1.807, 2.05) is 0 Å². The van der Waals surface area contributed by atoms with Crippen molar-refractivity contribution in [3.05, 3.63) is 30.3 Å². The normalized spacial score (nSPS) is 13.9. The molecule has 0 N–H and O–H groups in total. The average molecular weight is 197 g/mol. The predicted octanol–water partition coefficient (Wildman–Crippen LogP) is 2.22. The monoisotopic (exact) mass is 197 g/mol. The molecule has 1 rings (SSSR count). The van der Waals surface area contributed by atoms with Crippen LogP contribution >= 0.6 is 7.52 Å². The van der Waals surface area contributed by atoms with Gasteiger partial charge in [0.1, 0.15) is 5.75 Å². The van der Waals surface area contributed by atoms with Crippen LogP contribution in [-0.2, 0) is 9.36 Å². The zero-order valence-corrected chi connectivity index (χ0v) is 7.90. The molecule has 1 aromatic rings. The molecule has 0 aliphatic carbocycles. The van der Waals surface area contributed by atoms with Crippen molar-refractivity contribution in [2.24, 2.45) is 4.76 Å². The van der Waals surface area contributed by atoms with Gasteiger partial charge < -0.3 is 4.52 Å². The first-order valence-corrected chi connectivity index (χ1v) is 5.58. The molecule has 0 bridgehead atoms. The molecule has 0 aromatic heterocycles. The van der Waals surface area contributed by atoms with Gasteiger partial charge >= 0.3 is 7.52 Å². The highest BCUT2D eigenvalue weighted by atomic mass is 31.2. The summed E-state index contributed by atoms with van der Waals surface area (Å²) >= 11 is 0. The number of rotatable bonds is 3. The fourth-order valence-corrected chi connectivity index (χ4v) is 1.47. The van der Waals surface area contributed by atoms with Crippen molar-refractivity contribution in [2.45, 2.75) is 0 Å². The number of carbonyl (C=O) groups excluding carboxylic acids is 1. The third-order valence-electron chi connectivity index (χ3n) is 1.24. The van der Waals surface area contributed by atoms with Gasteiger partial charge in [-0.1, -0.05) is 18.2 Å². The fourth-order valence-electron chi connectivity index (χ4n) is 0.772. The summed E-state index contributed by atoms with van der Waals surface area (Å²) in [5, 5.41) is 0. The van der Waals surface area contributed by atoms with E-state index in [9.17, 15) is 9.36 Å². The van der Waals surface area contributed by atoms with E-state index >= 15 is 0 Å². The summed E-state index contributed by atoms with van der Waals surface area (Å²) in [6.07, 6.45) is 1.22. The van der Waals surface area contributed by atoms with Crippen LogP contribution in [0.4, 0.5) is 0 Å². The molecule has 0 amide bonds. The SMILES string of the molecule is C[P@@](=O)(N=C=O)Oc1ccccc1. The van der Waals surface area contributed by atoms with Gasteiger partial charge in [-0.3, -0.25) is 4.57 Å². The van der Waals surface area contributed by atoms with Crippen molar-refractivity contribution in [3.8, 4) is 5.75 Å². The highest BCUT2D eigenvalue weighted by Crippen LogP contribution is 2.43. The van der Waals surface area contributed by atoms with Crippen LogP contribution in [0, 0.1) is 0 Å². The predicted molar refractivity (Wildman–Crippen MR) is 48.7 cm³/mol. The largest absolute Gasteiger partial charge is 0.428 e. The lowest BCUT2D eigenvalue weighted by atomic mass is 10.3. The third-order valence-corrected chi connectivity index (χ3v) is 2.23. The smallest absolute Gasteiger partial charge is 0.369 e. The molecule has 0 saturated carbocycles. The second kappa shape index (κ2) is 4.04. The zero-order chi connectivity index (χ0) is 9.73. The molecule has 0 fully saturated rings. The van der Waals surface area contributed by atoms with Crippen molar-refractivity contribution in [3.63, 3.8) is 0 Å². The molecule has 0 radical (unpaired) electrons. The summed E-state index contributed by atoms with van der Waals surface area (Å²) in [6, 6.07) is 8.54. The fraction of sp³-hybridized carbons (Fsp3) is 0.125. The van der Waals surface area contributed by atoms with Crippen LogP contribution in [0.3, 0.4) is 0 Å². The molecule has 0 aliphatic heterocycles. The lowest BCUT2D eigenvalue weighted by Gasteiger charge is -2.07. The molecule has 0 aliphatic rings. The summed E-state index contributed by atoms with van der Waals surface area (Å²) in [7, 11) is -3.21. The number of isocyanates is 1. The Hall–Kier alpha value is -1.37. The van der Waals surface area contributed by atoms with E-state index in [1.54, 1.807) is 30.3 Å². The van der Waals surface area contributed by atoms with Gasteiger partial charge in [-0.15, -0.1) is 4.76 Å². The lowest BCUT2D eigenvalue weighted by molar-refractivity contribution is 0.488. The third kappa shape index (κ3) is 3.24. The maximum Gasteiger partial charge on any atom is 0.369 e. The van der Waals surface area contributed by atoms with E-state index in [4.69, 9.17) is 4.52 Å². The second-order valence-electron chi connectivity index (χ2n) is 2.40. The molecule has 1 aromatic carbocycles. The Morgan fingerprint density at radius 1 is 1.38 bits per heavy atom. The van der Waals surface area contributed by atoms with Gasteiger partial charge in [-0.2, -0.15) is 0 Å². The van der Waals surface area contributed by atoms with Crippen LogP contribution in [0.1, 0.15) is 0 Å². The Bertz CT molecular complexity index is 370. The van der Waals surface area contributed by atoms with Gasteiger partial charge in [0.25, 0.3) is 0 Å². The molecule has 0 saturated heterocycles. The summed E-state index contributed by atoms with van der Waals surface area (Å²) in [5.41, 5.74) is 0. The minimum Gasteiger partial charge on any atom is -0.428 e. The number of para-hydroxylation sites is 1. The molecule has 68 valence electrons. The van der Waals surface area contributed by atoms with E-state index in [0.717, 1.165) is 0 Å². The lowest BCUT2D eigenvalue weighted by Crippen LogP contribution is -1.87. The van der Waals surface area contributed by atoms with E-state index in [0.29, 0.717) is 5.75 Å². The molecule has 0 heterocycles. The van der Waals surface area contributed by atoms with Crippen LogP contribution < -0.4 is 4.52 Å². The minimum absolute atomic E-state index is 0.423. The van der Waals surface area contributed by atoms with Crippen LogP contribution in [0.25, 0.3) is 0 Å². The highest BCUT2D eigenvalue weighted by Gasteiger charge is 2.14. The number of hydrogen-bond donors (Lipinski definition) is 0. The molecular formula is C8H8NO3P. The highest BCUT2D eigenvalue weighted by molar-refractivity contribution is 7.57. The zero-order valence-electron chi connectivity index (χ0n) is 7.01. The van der Waals surface area contributed by atoms with E-state index in [-0.39, 0.29) is 0 Å². The van der Waals surface area contributed by atoms with Gasteiger partial charge in [0.2, 0.25) is 6.08 Å². The Kier molecular flexibility index (Phi) is 3.02. The number of hydrogen-bond acceptors (Lipinski definition) is 3. The van der Waals surface area contributed by atoms with Crippen molar-refractivity contribution in [1.82, 2.24) is 0 Å². The molecule has 0 spiro atoms. The van der Waals surface area contributed by atoms with Gasteiger partial charge in [0, 0.05) is 6.66 Å². The molecule has 13 heavy (non-hydrogen) atoms. The van der Waals surface area contributed by atoms with Crippen LogP contribution in [0.5, 0.6) is 5.75 Å². The van der Waals surface area contributed by atoms with Crippen molar-refractivity contribution < 1.29 is 13.9 Å². The minimum atomic E-state index is -3.21. The Morgan fingerprint density at radius 3 is 2.54 bits per heavy atom. The second-order valence-corrected chi connectivity index (χ2v) is 4.39. The Morgan fingerprint density at radius 2 is 2.00 bits per heavy atom. The molecule has 0 unspecified atom stereocenters. The van der Waals surface area contributed by atoms with Crippen LogP contribution in [0.15, 0.2) is 35.1 Å². The number of nitrogens with zero attached hydrogens (tertiary/aromatic N) is 1. The van der Waals surface area contributed by atoms with Crippen molar-refractivity contribution >= 4 is 13.6 Å². The van der Waals surface area contributed by atoms with Gasteiger partial charge in [0.15, 0.2) is 0 Å². The van der Waals surface area contributed by atoms with Gasteiger partial charge in [0.05, 0.1) is 0 Å². The molecule has 5 heteroatoms. The Balaban J connectivity index is 2.81. The summed E-state index contributed by atoms with van der Waals surface area (Å²) in [5.74, 6) is 0.423. The summed E-state index contributed by atoms with van der Waals surface area (Å²) in [4.78, 5) is 9.87. The topological polar surface area (TPSA) is 55.7 Å². The maximum atomic E-state index is 11.3. The van der Waals surface area contributed by atoms with E-state index < -0.39 is 7.52 Å². The quantitative estimate of drug-likeness (QED) is 0.424.